The van der Waals surface area contributed by atoms with Gasteiger partial charge in [-0.15, -0.1) is 0 Å². The number of hydrogen-bond donors (Lipinski definition) is 2. The van der Waals surface area contributed by atoms with Gasteiger partial charge in [-0.1, -0.05) is 48.5 Å². The first-order valence-corrected chi connectivity index (χ1v) is 9.70. The number of aliphatic carboxylic acids is 1. The number of fused-ring (bicyclic) bond motifs is 3. The van der Waals surface area contributed by atoms with Crippen LogP contribution in [0.2, 0.25) is 0 Å². The van der Waals surface area contributed by atoms with Crippen LogP contribution in [0.4, 0.5) is 13.6 Å². The van der Waals surface area contributed by atoms with Gasteiger partial charge >= 0.3 is 12.1 Å². The molecule has 0 aliphatic heterocycles. The monoisotopic (exact) mass is 417 g/mol. The molecule has 0 spiro atoms. The summed E-state index contributed by atoms with van der Waals surface area (Å²) in [4.78, 5) is 23.6. The lowest BCUT2D eigenvalue weighted by Gasteiger charge is -2.17. The van der Waals surface area contributed by atoms with Crippen molar-refractivity contribution >= 4 is 12.1 Å². The zero-order chi connectivity index (χ0) is 21.3. The number of halogens is 2. The Morgan fingerprint density at radius 3 is 2.20 bits per heavy atom. The molecule has 4 rings (SSSR count). The van der Waals surface area contributed by atoms with Crippen molar-refractivity contribution in [3.05, 3.63) is 59.7 Å². The molecule has 2 aliphatic rings. The fraction of sp³-hybridized carbons (Fsp3) is 0.364. The van der Waals surface area contributed by atoms with Crippen molar-refractivity contribution < 1.29 is 33.0 Å². The van der Waals surface area contributed by atoms with Gasteiger partial charge in [0.2, 0.25) is 0 Å². The van der Waals surface area contributed by atoms with Gasteiger partial charge in [-0.25, -0.2) is 18.4 Å². The molecule has 2 atom stereocenters. The van der Waals surface area contributed by atoms with Crippen molar-refractivity contribution in [3.63, 3.8) is 0 Å². The predicted octanol–water partition coefficient (Wildman–Crippen LogP) is 3.79. The number of nitrogens with one attached hydrogen (secondary N) is 1. The Bertz CT molecular complexity index is 919. The second kappa shape index (κ2) is 8.02. The number of alkyl halides is 2. The van der Waals surface area contributed by atoms with Gasteiger partial charge in [0.25, 0.3) is 5.92 Å². The number of amides is 1. The van der Waals surface area contributed by atoms with Crippen LogP contribution in [0.25, 0.3) is 11.1 Å². The Morgan fingerprint density at radius 1 is 1.10 bits per heavy atom. The molecule has 2 aliphatic carbocycles. The van der Waals surface area contributed by atoms with E-state index in [9.17, 15) is 23.5 Å². The quantitative estimate of drug-likeness (QED) is 0.683. The fourth-order valence-corrected chi connectivity index (χ4v) is 3.74. The summed E-state index contributed by atoms with van der Waals surface area (Å²) in [6.07, 6.45) is -2.53. The number of hydrogen-bond acceptors (Lipinski definition) is 4. The van der Waals surface area contributed by atoms with Crippen LogP contribution in [-0.4, -0.2) is 48.5 Å². The van der Waals surface area contributed by atoms with Crippen molar-refractivity contribution in [1.82, 2.24) is 5.32 Å². The summed E-state index contributed by atoms with van der Waals surface area (Å²) in [6, 6.07) is 14.4. The van der Waals surface area contributed by atoms with E-state index in [0.717, 1.165) is 22.3 Å². The van der Waals surface area contributed by atoms with E-state index in [2.05, 4.69) is 5.32 Å². The third-order valence-electron chi connectivity index (χ3n) is 5.43. The summed E-state index contributed by atoms with van der Waals surface area (Å²) < 4.78 is 35.9. The summed E-state index contributed by atoms with van der Waals surface area (Å²) >= 11 is 0. The molecule has 0 saturated heterocycles. The Kier molecular flexibility index (Phi) is 5.42. The average Bonchev–Trinajstić information content (AvgIpc) is 3.20. The number of benzene rings is 2. The SMILES string of the molecule is O=C(NC(CCOC1CC1(F)F)C(=O)O)OCC1c2ccccc2-c2ccccc21. The van der Waals surface area contributed by atoms with Gasteiger partial charge < -0.3 is 19.9 Å². The van der Waals surface area contributed by atoms with Crippen LogP contribution < -0.4 is 5.32 Å². The predicted molar refractivity (Wildman–Crippen MR) is 104 cm³/mol. The maximum absolute atomic E-state index is 12.8. The molecule has 0 bridgehead atoms. The number of carbonyl (C=O) groups excluding carboxylic acids is 1. The molecule has 1 amide bonds. The zero-order valence-electron chi connectivity index (χ0n) is 16.0. The van der Waals surface area contributed by atoms with Gasteiger partial charge in [0, 0.05) is 25.4 Å². The van der Waals surface area contributed by atoms with Crippen LogP contribution >= 0.6 is 0 Å². The van der Waals surface area contributed by atoms with Crippen LogP contribution in [0.1, 0.15) is 29.9 Å². The fourth-order valence-electron chi connectivity index (χ4n) is 3.74. The number of carboxylic acids is 1. The second-order valence-corrected chi connectivity index (χ2v) is 7.47. The first-order valence-electron chi connectivity index (χ1n) is 9.70. The Morgan fingerprint density at radius 2 is 1.67 bits per heavy atom. The van der Waals surface area contributed by atoms with E-state index in [1.54, 1.807) is 0 Å². The summed E-state index contributed by atoms with van der Waals surface area (Å²) in [6.45, 7) is -0.141. The van der Waals surface area contributed by atoms with Crippen LogP contribution in [-0.2, 0) is 14.3 Å². The van der Waals surface area contributed by atoms with E-state index < -0.39 is 30.1 Å². The van der Waals surface area contributed by atoms with E-state index in [-0.39, 0.29) is 32.0 Å². The van der Waals surface area contributed by atoms with Gasteiger partial charge in [0.15, 0.2) is 0 Å². The first-order chi connectivity index (χ1) is 14.4. The Balaban J connectivity index is 1.33. The molecule has 2 unspecified atom stereocenters. The van der Waals surface area contributed by atoms with E-state index in [1.165, 1.54) is 0 Å². The number of carboxylic acid groups (broad SMARTS) is 1. The molecular formula is C22H21F2NO5. The van der Waals surface area contributed by atoms with Crippen LogP contribution in [0.5, 0.6) is 0 Å². The normalized spacial score (nSPS) is 19.5. The topological polar surface area (TPSA) is 84.9 Å². The minimum atomic E-state index is -2.83. The number of rotatable bonds is 8. The highest BCUT2D eigenvalue weighted by molar-refractivity contribution is 5.81. The van der Waals surface area contributed by atoms with Gasteiger partial charge in [0.05, 0.1) is 0 Å². The summed E-state index contributed by atoms with van der Waals surface area (Å²) in [7, 11) is 0. The maximum atomic E-state index is 12.8. The van der Waals surface area contributed by atoms with E-state index in [0.29, 0.717) is 0 Å². The lowest BCUT2D eigenvalue weighted by molar-refractivity contribution is -0.140. The molecule has 30 heavy (non-hydrogen) atoms. The van der Waals surface area contributed by atoms with E-state index >= 15 is 0 Å². The molecule has 0 radical (unpaired) electrons. The van der Waals surface area contributed by atoms with Gasteiger partial charge in [-0.3, -0.25) is 0 Å². The third kappa shape index (κ3) is 4.14. The molecule has 1 saturated carbocycles. The van der Waals surface area contributed by atoms with Crippen molar-refractivity contribution in [2.45, 2.75) is 36.8 Å². The third-order valence-corrected chi connectivity index (χ3v) is 5.43. The lowest BCUT2D eigenvalue weighted by atomic mass is 9.98. The standard InChI is InChI=1S/C22H21F2NO5/c23-22(24)11-19(22)29-10-9-18(20(26)27)25-21(28)30-12-17-15-7-3-1-5-13(15)14-6-2-4-8-16(14)17/h1-8,17-19H,9-12H2,(H,25,28)(H,26,27). The minimum absolute atomic E-state index is 0.0526. The Hall–Kier alpha value is -3.00. The molecule has 0 heterocycles. The molecule has 2 N–H and O–H groups in total. The van der Waals surface area contributed by atoms with Gasteiger partial charge in [0.1, 0.15) is 18.8 Å². The highest BCUT2D eigenvalue weighted by Crippen LogP contribution is 2.45. The average molecular weight is 417 g/mol. The van der Waals surface area contributed by atoms with Crippen molar-refractivity contribution in [2.24, 2.45) is 0 Å². The molecule has 1 fully saturated rings. The maximum Gasteiger partial charge on any atom is 0.407 e. The van der Waals surface area contributed by atoms with Crippen LogP contribution in [0, 0.1) is 0 Å². The molecule has 0 aromatic heterocycles. The second-order valence-electron chi connectivity index (χ2n) is 7.47. The molecule has 6 nitrogen and oxygen atoms in total. The number of alkyl carbamates (subject to hydrolysis) is 1. The smallest absolute Gasteiger partial charge is 0.407 e. The largest absolute Gasteiger partial charge is 0.480 e. The lowest BCUT2D eigenvalue weighted by Crippen LogP contribution is -2.42. The first kappa shape index (κ1) is 20.3. The summed E-state index contributed by atoms with van der Waals surface area (Å²) in [5.74, 6) is -4.26. The van der Waals surface area contributed by atoms with Crippen LogP contribution in [0.15, 0.2) is 48.5 Å². The highest BCUT2D eigenvalue weighted by atomic mass is 19.3. The van der Waals surface area contributed by atoms with Crippen molar-refractivity contribution in [1.29, 1.82) is 0 Å². The van der Waals surface area contributed by atoms with Gasteiger partial charge in [-0.05, 0) is 22.3 Å². The molecule has 8 heteroatoms. The van der Waals surface area contributed by atoms with E-state index in [4.69, 9.17) is 9.47 Å². The van der Waals surface area contributed by atoms with Crippen LogP contribution in [0.3, 0.4) is 0 Å². The zero-order valence-corrected chi connectivity index (χ0v) is 16.0. The van der Waals surface area contributed by atoms with E-state index in [1.807, 2.05) is 48.5 Å². The minimum Gasteiger partial charge on any atom is -0.480 e. The summed E-state index contributed by atoms with van der Waals surface area (Å²) in [5.41, 5.74) is 4.25. The Labute approximate surface area is 171 Å². The summed E-state index contributed by atoms with van der Waals surface area (Å²) in [5, 5.41) is 11.5. The highest BCUT2D eigenvalue weighted by Gasteiger charge is 2.58. The van der Waals surface area contributed by atoms with Crippen molar-refractivity contribution in [2.75, 3.05) is 13.2 Å². The number of carbonyl (C=O) groups is 2. The molecular weight excluding hydrogens is 396 g/mol. The van der Waals surface area contributed by atoms with Crippen molar-refractivity contribution in [3.8, 4) is 11.1 Å². The van der Waals surface area contributed by atoms with Gasteiger partial charge in [-0.2, -0.15) is 0 Å². The molecule has 2 aromatic carbocycles. The molecule has 158 valence electrons. The molecule has 2 aromatic rings. The number of ether oxygens (including phenoxy) is 2.